The quantitative estimate of drug-likeness (QED) is 0.789. The highest BCUT2D eigenvalue weighted by molar-refractivity contribution is 6.07. The largest absolute Gasteiger partial charge is 0.390 e. The lowest BCUT2D eigenvalue weighted by Crippen LogP contribution is -2.39. The van der Waals surface area contributed by atoms with Gasteiger partial charge in [-0.2, -0.15) is 0 Å². The summed E-state index contributed by atoms with van der Waals surface area (Å²) in [6, 6.07) is 17.0. The summed E-state index contributed by atoms with van der Waals surface area (Å²) in [7, 11) is 0. The Morgan fingerprint density at radius 2 is 1.46 bits per heavy atom. The smallest absolute Gasteiger partial charge is 0.0845 e. The first-order chi connectivity index (χ1) is 11.7. The normalized spacial score (nSPS) is 18.4. The van der Waals surface area contributed by atoms with E-state index in [-0.39, 0.29) is 6.10 Å². The number of nitrogens with zero attached hydrogens (tertiary/aromatic N) is 2. The molecule has 126 valence electrons. The van der Waals surface area contributed by atoms with Gasteiger partial charge in [-0.25, -0.2) is 0 Å². The van der Waals surface area contributed by atoms with E-state index in [1.165, 1.54) is 34.6 Å². The zero-order chi connectivity index (χ0) is 16.5. The molecule has 0 spiro atoms. The number of piperidine rings is 1. The summed E-state index contributed by atoms with van der Waals surface area (Å²) in [6.45, 7) is 5.98. The van der Waals surface area contributed by atoms with Gasteiger partial charge in [0.05, 0.1) is 12.6 Å². The van der Waals surface area contributed by atoms with E-state index in [1.54, 1.807) is 0 Å². The van der Waals surface area contributed by atoms with Crippen LogP contribution in [0.1, 0.15) is 19.8 Å². The van der Waals surface area contributed by atoms with Crippen LogP contribution in [0.5, 0.6) is 0 Å². The molecule has 0 saturated carbocycles. The summed E-state index contributed by atoms with van der Waals surface area (Å²) in [5.41, 5.74) is 2.43. The summed E-state index contributed by atoms with van der Waals surface area (Å²) < 4.78 is 2.28. The van der Waals surface area contributed by atoms with E-state index >= 15 is 0 Å². The molecule has 4 rings (SSSR count). The maximum absolute atomic E-state index is 10.7. The average molecular weight is 322 g/mol. The Bertz CT molecular complexity index is 777. The lowest BCUT2D eigenvalue weighted by Gasteiger charge is -2.31. The maximum atomic E-state index is 10.7. The number of benzene rings is 2. The van der Waals surface area contributed by atoms with Crippen LogP contribution >= 0.6 is 0 Å². The number of para-hydroxylation sites is 2. The van der Waals surface area contributed by atoms with Crippen molar-refractivity contribution in [1.29, 1.82) is 0 Å². The second kappa shape index (κ2) is 6.58. The SMILES string of the molecule is CC1CCN(C[C@H](O)Cn2c3ccccc3c3ccccc32)CC1. The molecule has 0 amide bonds. The molecular formula is C21H26N2O. The van der Waals surface area contributed by atoms with Gasteiger partial charge in [-0.05, 0) is 44.0 Å². The highest BCUT2D eigenvalue weighted by Crippen LogP contribution is 2.29. The molecule has 0 aliphatic carbocycles. The third-order valence-corrected chi connectivity index (χ3v) is 5.42. The summed E-state index contributed by atoms with van der Waals surface area (Å²) in [5, 5.41) is 13.2. The summed E-state index contributed by atoms with van der Waals surface area (Å²) >= 11 is 0. The minimum Gasteiger partial charge on any atom is -0.390 e. The third-order valence-electron chi connectivity index (χ3n) is 5.42. The maximum Gasteiger partial charge on any atom is 0.0845 e. The van der Waals surface area contributed by atoms with Crippen molar-refractivity contribution >= 4 is 21.8 Å². The van der Waals surface area contributed by atoms with Crippen molar-refractivity contribution in [2.75, 3.05) is 19.6 Å². The minimum atomic E-state index is -0.336. The monoisotopic (exact) mass is 322 g/mol. The second-order valence-electron chi connectivity index (χ2n) is 7.28. The van der Waals surface area contributed by atoms with Crippen LogP contribution in [0.4, 0.5) is 0 Å². The van der Waals surface area contributed by atoms with Gasteiger partial charge in [-0.15, -0.1) is 0 Å². The van der Waals surface area contributed by atoms with Crippen LogP contribution in [-0.4, -0.2) is 40.3 Å². The Balaban J connectivity index is 1.59. The summed E-state index contributed by atoms with van der Waals surface area (Å²) in [4.78, 5) is 2.42. The van der Waals surface area contributed by atoms with Gasteiger partial charge in [0.15, 0.2) is 0 Å². The van der Waals surface area contributed by atoms with Crippen LogP contribution < -0.4 is 0 Å². The Labute approximate surface area is 143 Å². The van der Waals surface area contributed by atoms with Gasteiger partial charge in [0, 0.05) is 28.4 Å². The van der Waals surface area contributed by atoms with Gasteiger partial charge in [0.1, 0.15) is 0 Å². The molecular weight excluding hydrogens is 296 g/mol. The van der Waals surface area contributed by atoms with Crippen molar-refractivity contribution in [3.8, 4) is 0 Å². The van der Waals surface area contributed by atoms with Crippen molar-refractivity contribution in [3.63, 3.8) is 0 Å². The van der Waals surface area contributed by atoms with Crippen LogP contribution in [0.15, 0.2) is 48.5 Å². The molecule has 0 unspecified atom stereocenters. The number of aromatic nitrogens is 1. The molecule has 1 N–H and O–H groups in total. The molecule has 3 nitrogen and oxygen atoms in total. The Morgan fingerprint density at radius 1 is 0.917 bits per heavy atom. The number of aliphatic hydroxyl groups excluding tert-OH is 1. The standard InChI is InChI=1S/C21H26N2O/c1-16-10-12-22(13-11-16)14-17(24)15-23-20-8-4-2-6-18(20)19-7-3-5-9-21(19)23/h2-9,16-17,24H,10-15H2,1H3/t17-/m0/s1. The van der Waals surface area contributed by atoms with Crippen molar-refractivity contribution in [2.24, 2.45) is 5.92 Å². The van der Waals surface area contributed by atoms with Gasteiger partial charge in [0.25, 0.3) is 0 Å². The first kappa shape index (κ1) is 15.7. The molecule has 2 aromatic carbocycles. The van der Waals surface area contributed by atoms with E-state index in [0.717, 1.165) is 25.6 Å². The zero-order valence-electron chi connectivity index (χ0n) is 14.4. The van der Waals surface area contributed by atoms with Crippen molar-refractivity contribution < 1.29 is 5.11 Å². The first-order valence-electron chi connectivity index (χ1n) is 9.09. The Morgan fingerprint density at radius 3 is 2.04 bits per heavy atom. The number of hydrogen-bond acceptors (Lipinski definition) is 2. The van der Waals surface area contributed by atoms with Gasteiger partial charge in [-0.3, -0.25) is 0 Å². The molecule has 1 fully saturated rings. The van der Waals surface area contributed by atoms with Crippen LogP contribution in [-0.2, 0) is 6.54 Å². The number of hydrogen-bond donors (Lipinski definition) is 1. The van der Waals surface area contributed by atoms with Crippen LogP contribution in [0.3, 0.4) is 0 Å². The van der Waals surface area contributed by atoms with E-state index < -0.39 is 0 Å². The molecule has 3 aromatic rings. The second-order valence-corrected chi connectivity index (χ2v) is 7.28. The van der Waals surface area contributed by atoms with E-state index in [9.17, 15) is 5.11 Å². The molecule has 1 aliphatic heterocycles. The van der Waals surface area contributed by atoms with Crippen molar-refractivity contribution in [2.45, 2.75) is 32.4 Å². The molecule has 24 heavy (non-hydrogen) atoms. The fourth-order valence-electron chi connectivity index (χ4n) is 4.01. The Hall–Kier alpha value is -1.84. The molecule has 1 aliphatic rings. The molecule has 0 radical (unpaired) electrons. The minimum absolute atomic E-state index is 0.336. The van der Waals surface area contributed by atoms with Gasteiger partial charge in [-0.1, -0.05) is 43.3 Å². The lowest BCUT2D eigenvalue weighted by atomic mass is 9.99. The van der Waals surface area contributed by atoms with Crippen molar-refractivity contribution in [3.05, 3.63) is 48.5 Å². The van der Waals surface area contributed by atoms with Crippen LogP contribution in [0.2, 0.25) is 0 Å². The number of likely N-dealkylation sites (tertiary alicyclic amines) is 1. The average Bonchev–Trinajstić information content (AvgIpc) is 2.92. The summed E-state index contributed by atoms with van der Waals surface area (Å²) in [5.74, 6) is 0.829. The van der Waals surface area contributed by atoms with E-state index in [1.807, 2.05) is 0 Å². The topological polar surface area (TPSA) is 28.4 Å². The molecule has 1 saturated heterocycles. The Kier molecular flexibility index (Phi) is 4.30. The zero-order valence-corrected chi connectivity index (χ0v) is 14.4. The van der Waals surface area contributed by atoms with Crippen LogP contribution in [0, 0.1) is 5.92 Å². The lowest BCUT2D eigenvalue weighted by molar-refractivity contribution is 0.0817. The summed E-state index contributed by atoms with van der Waals surface area (Å²) in [6.07, 6.45) is 2.17. The van der Waals surface area contributed by atoms with E-state index in [4.69, 9.17) is 0 Å². The number of β-amino-alcohol motifs (C(OH)–C–C–N with tert-alkyl or cyclic N) is 1. The molecule has 3 heteroatoms. The number of rotatable bonds is 4. The highest BCUT2D eigenvalue weighted by Gasteiger charge is 2.19. The van der Waals surface area contributed by atoms with E-state index in [2.05, 4.69) is 64.9 Å². The number of aliphatic hydroxyl groups is 1. The van der Waals surface area contributed by atoms with E-state index in [0.29, 0.717) is 6.54 Å². The fraction of sp³-hybridized carbons (Fsp3) is 0.429. The predicted molar refractivity (Wildman–Crippen MR) is 100 cm³/mol. The molecule has 1 atom stereocenters. The van der Waals surface area contributed by atoms with Crippen molar-refractivity contribution in [1.82, 2.24) is 9.47 Å². The number of fused-ring (bicyclic) bond motifs is 3. The van der Waals surface area contributed by atoms with Gasteiger partial charge >= 0.3 is 0 Å². The molecule has 2 heterocycles. The van der Waals surface area contributed by atoms with Gasteiger partial charge in [0.2, 0.25) is 0 Å². The molecule has 1 aromatic heterocycles. The van der Waals surface area contributed by atoms with Gasteiger partial charge < -0.3 is 14.6 Å². The first-order valence-corrected chi connectivity index (χ1v) is 9.09. The van der Waals surface area contributed by atoms with Crippen LogP contribution in [0.25, 0.3) is 21.8 Å². The highest BCUT2D eigenvalue weighted by atomic mass is 16.3. The predicted octanol–water partition coefficient (Wildman–Crippen LogP) is 3.89. The third kappa shape index (κ3) is 2.94. The molecule has 0 bridgehead atoms. The fourth-order valence-corrected chi connectivity index (χ4v) is 4.01.